The molecular formula is C24H27F3N4O2. The first-order valence-corrected chi connectivity index (χ1v) is 10.1. The highest BCUT2D eigenvalue weighted by atomic mass is 19.4. The number of nitrogens with zero attached hydrogens (tertiary/aromatic N) is 2. The average molecular weight is 461 g/mol. The monoisotopic (exact) mass is 460 g/mol. The van der Waals surface area contributed by atoms with Gasteiger partial charge in [-0.15, -0.1) is 0 Å². The Morgan fingerprint density at radius 1 is 1.21 bits per heavy atom. The highest BCUT2D eigenvalue weighted by Gasteiger charge is 2.30. The zero-order valence-corrected chi connectivity index (χ0v) is 18.9. The molecule has 0 heterocycles. The predicted octanol–water partition coefficient (Wildman–Crippen LogP) is 4.47. The van der Waals surface area contributed by atoms with E-state index in [9.17, 15) is 18.0 Å². The van der Waals surface area contributed by atoms with Gasteiger partial charge in [-0.05, 0) is 49.2 Å². The molecule has 0 aliphatic rings. The number of aliphatic imine (C=N–C) groups is 2. The molecule has 0 bridgehead atoms. The van der Waals surface area contributed by atoms with Crippen molar-refractivity contribution >= 4 is 18.0 Å². The summed E-state index contributed by atoms with van der Waals surface area (Å²) in [4.78, 5) is 20.5. The lowest BCUT2D eigenvalue weighted by molar-refractivity contribution is -0.137. The maximum Gasteiger partial charge on any atom is 0.416 e. The Bertz CT molecular complexity index is 1050. The minimum atomic E-state index is -4.42. The van der Waals surface area contributed by atoms with E-state index in [4.69, 9.17) is 10.5 Å². The van der Waals surface area contributed by atoms with E-state index in [1.54, 1.807) is 28.0 Å². The van der Waals surface area contributed by atoms with E-state index in [1.165, 1.54) is 12.1 Å². The van der Waals surface area contributed by atoms with Crippen LogP contribution in [-0.2, 0) is 17.4 Å². The fourth-order valence-corrected chi connectivity index (χ4v) is 3.02. The molecule has 0 saturated carbocycles. The van der Waals surface area contributed by atoms with Gasteiger partial charge in [0.05, 0.1) is 24.3 Å². The van der Waals surface area contributed by atoms with Gasteiger partial charge in [-0.1, -0.05) is 24.3 Å². The molecule has 176 valence electrons. The number of aldehydes is 1. The number of amidine groups is 2. The molecule has 0 radical (unpaired) electrons. The zero-order chi connectivity index (χ0) is 24.6. The summed E-state index contributed by atoms with van der Waals surface area (Å²) in [7, 11) is 3.17. The summed E-state index contributed by atoms with van der Waals surface area (Å²) < 4.78 is 43.8. The second kappa shape index (κ2) is 11.3. The molecule has 2 aromatic rings. The quantitative estimate of drug-likeness (QED) is 0.276. The van der Waals surface area contributed by atoms with Crippen molar-refractivity contribution in [3.63, 3.8) is 0 Å². The molecule has 0 aliphatic heterocycles. The molecule has 9 heteroatoms. The number of halogens is 3. The van der Waals surface area contributed by atoms with Gasteiger partial charge in [-0.2, -0.15) is 13.2 Å². The molecule has 0 saturated heterocycles. The van der Waals surface area contributed by atoms with Gasteiger partial charge in [-0.3, -0.25) is 14.8 Å². The SMILES string of the molecule is CN=C(Cc1cccc(OC)c1)NC(=NC(C)c1ccc(C(F)(F)F)cc1)C(C=O)=C(C)N. The maximum atomic E-state index is 12.9. The Balaban J connectivity index is 2.36. The van der Waals surface area contributed by atoms with Crippen molar-refractivity contribution in [2.75, 3.05) is 14.2 Å². The number of rotatable bonds is 7. The van der Waals surface area contributed by atoms with Crippen molar-refractivity contribution in [2.45, 2.75) is 32.5 Å². The molecule has 1 atom stereocenters. The van der Waals surface area contributed by atoms with Crippen LogP contribution in [0.5, 0.6) is 5.75 Å². The molecule has 0 spiro atoms. The average Bonchev–Trinajstić information content (AvgIpc) is 2.78. The van der Waals surface area contributed by atoms with Crippen molar-refractivity contribution in [1.82, 2.24) is 5.32 Å². The Kier molecular flexibility index (Phi) is 8.78. The number of carbonyl (C=O) groups excluding carboxylic acids is 1. The molecule has 6 nitrogen and oxygen atoms in total. The van der Waals surface area contributed by atoms with Crippen molar-refractivity contribution in [2.24, 2.45) is 15.7 Å². The first kappa shape index (κ1) is 25.6. The molecule has 0 fully saturated rings. The molecule has 1 unspecified atom stereocenters. The van der Waals surface area contributed by atoms with Crippen LogP contribution in [0, 0.1) is 0 Å². The second-order valence-corrected chi connectivity index (χ2v) is 7.31. The summed E-state index contributed by atoms with van der Waals surface area (Å²) in [5.74, 6) is 1.39. The van der Waals surface area contributed by atoms with Crippen LogP contribution in [0.3, 0.4) is 0 Å². The fourth-order valence-electron chi connectivity index (χ4n) is 3.02. The molecular weight excluding hydrogens is 433 g/mol. The first-order valence-electron chi connectivity index (χ1n) is 10.1. The molecule has 33 heavy (non-hydrogen) atoms. The zero-order valence-electron chi connectivity index (χ0n) is 18.9. The number of nitrogens with one attached hydrogen (secondary N) is 1. The van der Waals surface area contributed by atoms with E-state index in [2.05, 4.69) is 15.3 Å². The lowest BCUT2D eigenvalue weighted by Crippen LogP contribution is -2.35. The molecule has 0 aromatic heterocycles. The largest absolute Gasteiger partial charge is 0.497 e. The number of carbonyl (C=O) groups is 1. The third-order valence-electron chi connectivity index (χ3n) is 4.88. The van der Waals surface area contributed by atoms with Gasteiger partial charge in [0.25, 0.3) is 0 Å². The number of hydrogen-bond acceptors (Lipinski definition) is 5. The fraction of sp³-hybridized carbons (Fsp3) is 0.292. The topological polar surface area (TPSA) is 89.1 Å². The highest BCUT2D eigenvalue weighted by molar-refractivity contribution is 6.19. The highest BCUT2D eigenvalue weighted by Crippen LogP contribution is 2.30. The first-order chi connectivity index (χ1) is 15.6. The number of methoxy groups -OCH3 is 1. The van der Waals surface area contributed by atoms with Gasteiger partial charge >= 0.3 is 6.18 Å². The van der Waals surface area contributed by atoms with Gasteiger partial charge in [-0.25, -0.2) is 0 Å². The Labute approximate surface area is 191 Å². The van der Waals surface area contributed by atoms with Crippen LogP contribution in [0.4, 0.5) is 13.2 Å². The maximum absolute atomic E-state index is 12.9. The van der Waals surface area contributed by atoms with Crippen LogP contribution in [0.1, 0.15) is 36.6 Å². The van der Waals surface area contributed by atoms with Crippen LogP contribution in [0.25, 0.3) is 0 Å². The summed E-state index contributed by atoms with van der Waals surface area (Å²) in [5, 5.41) is 3.07. The van der Waals surface area contributed by atoms with E-state index in [1.807, 2.05) is 24.3 Å². The van der Waals surface area contributed by atoms with Gasteiger partial charge in [0.15, 0.2) is 6.29 Å². The Morgan fingerprint density at radius 3 is 2.39 bits per heavy atom. The van der Waals surface area contributed by atoms with Crippen LogP contribution in [0.2, 0.25) is 0 Å². The van der Waals surface area contributed by atoms with Crippen molar-refractivity contribution < 1.29 is 22.7 Å². The molecule has 2 rings (SSSR count). The number of nitrogens with two attached hydrogens (primary N) is 1. The summed E-state index contributed by atoms with van der Waals surface area (Å²) in [6.45, 7) is 3.28. The summed E-state index contributed by atoms with van der Waals surface area (Å²) in [6.07, 6.45) is -3.44. The molecule has 0 amide bonds. The Hall–Kier alpha value is -3.62. The second-order valence-electron chi connectivity index (χ2n) is 7.31. The van der Waals surface area contributed by atoms with Gasteiger partial charge in [0.2, 0.25) is 0 Å². The minimum absolute atomic E-state index is 0.139. The summed E-state index contributed by atoms with van der Waals surface area (Å²) in [6, 6.07) is 11.6. The number of benzene rings is 2. The lowest BCUT2D eigenvalue weighted by Gasteiger charge is -2.17. The molecule has 2 aromatic carbocycles. The van der Waals surface area contributed by atoms with Crippen LogP contribution in [-0.4, -0.2) is 32.1 Å². The predicted molar refractivity (Wildman–Crippen MR) is 123 cm³/mol. The van der Waals surface area contributed by atoms with E-state index >= 15 is 0 Å². The normalized spacial score (nSPS) is 14.4. The van der Waals surface area contributed by atoms with Gasteiger partial charge in [0, 0.05) is 19.2 Å². The number of allylic oxidation sites excluding steroid dienone is 1. The third-order valence-corrected chi connectivity index (χ3v) is 4.88. The van der Waals surface area contributed by atoms with Gasteiger partial charge in [0.1, 0.15) is 17.4 Å². The van der Waals surface area contributed by atoms with E-state index in [0.29, 0.717) is 29.9 Å². The van der Waals surface area contributed by atoms with Crippen LogP contribution < -0.4 is 15.8 Å². The summed E-state index contributed by atoms with van der Waals surface area (Å²) in [5.41, 5.74) is 6.98. The van der Waals surface area contributed by atoms with Crippen LogP contribution >= 0.6 is 0 Å². The number of hydrogen-bond donors (Lipinski definition) is 2. The minimum Gasteiger partial charge on any atom is -0.497 e. The lowest BCUT2D eigenvalue weighted by atomic mass is 10.1. The van der Waals surface area contributed by atoms with E-state index < -0.39 is 17.8 Å². The van der Waals surface area contributed by atoms with Crippen LogP contribution in [0.15, 0.2) is 69.8 Å². The van der Waals surface area contributed by atoms with E-state index in [0.717, 1.165) is 17.7 Å². The summed E-state index contributed by atoms with van der Waals surface area (Å²) >= 11 is 0. The standard InChI is InChI=1S/C24H27F3N4O2/c1-15(28)21(14-32)23(30-16(2)18-8-10-19(11-9-18)24(25,26)27)31-22(29-3)13-17-6-5-7-20(12-17)33-4/h5-12,14,16H,13,28H2,1-4H3,(H,29,30,31). The molecule has 0 aliphatic carbocycles. The van der Waals surface area contributed by atoms with Crippen molar-refractivity contribution in [3.8, 4) is 5.75 Å². The van der Waals surface area contributed by atoms with Crippen molar-refractivity contribution in [1.29, 1.82) is 0 Å². The number of alkyl halides is 3. The van der Waals surface area contributed by atoms with Gasteiger partial charge < -0.3 is 15.8 Å². The number of ether oxygens (including phenoxy) is 1. The third kappa shape index (κ3) is 7.20. The molecule has 3 N–H and O–H groups in total. The van der Waals surface area contributed by atoms with E-state index in [-0.39, 0.29) is 17.1 Å². The smallest absolute Gasteiger partial charge is 0.416 e. The van der Waals surface area contributed by atoms with Crippen molar-refractivity contribution in [3.05, 3.63) is 76.5 Å². The Morgan fingerprint density at radius 2 is 1.88 bits per heavy atom.